The van der Waals surface area contributed by atoms with Gasteiger partial charge in [-0.2, -0.15) is 0 Å². The summed E-state index contributed by atoms with van der Waals surface area (Å²) in [6.45, 7) is 1.31. The zero-order valence-electron chi connectivity index (χ0n) is 9.07. The number of halogens is 2. The van der Waals surface area contributed by atoms with E-state index in [0.717, 1.165) is 6.26 Å². The minimum absolute atomic E-state index is 0.0993. The van der Waals surface area contributed by atoms with Crippen molar-refractivity contribution in [2.24, 2.45) is 0 Å². The highest BCUT2D eigenvalue weighted by molar-refractivity contribution is 9.10. The summed E-state index contributed by atoms with van der Waals surface area (Å²) in [4.78, 5) is 15.4. The highest BCUT2D eigenvalue weighted by Crippen LogP contribution is 2.23. The van der Waals surface area contributed by atoms with E-state index in [9.17, 15) is 13.2 Å². The van der Waals surface area contributed by atoms with E-state index in [4.69, 9.17) is 11.6 Å². The van der Waals surface area contributed by atoms with Crippen LogP contribution in [0.25, 0.3) is 0 Å². The molecule has 5 nitrogen and oxygen atoms in total. The number of anilines is 1. The van der Waals surface area contributed by atoms with Crippen LogP contribution in [0.5, 0.6) is 0 Å². The van der Waals surface area contributed by atoms with Crippen LogP contribution in [-0.2, 0) is 14.6 Å². The molecule has 0 bridgehead atoms. The van der Waals surface area contributed by atoms with Gasteiger partial charge < -0.3 is 5.32 Å². The van der Waals surface area contributed by atoms with Gasteiger partial charge in [-0.05, 0) is 28.9 Å². The summed E-state index contributed by atoms with van der Waals surface area (Å²) in [7, 11) is -3.43. The summed E-state index contributed by atoms with van der Waals surface area (Å²) in [5.41, 5.74) is 0.265. The molecule has 0 aromatic carbocycles. The number of carbonyl (C=O) groups is 1. The number of amides is 1. The Hall–Kier alpha value is -0.660. The van der Waals surface area contributed by atoms with Crippen LogP contribution in [-0.4, -0.2) is 30.8 Å². The zero-order chi connectivity index (χ0) is 13.2. The molecular formula is C9H10BrClN2O3S. The van der Waals surface area contributed by atoms with Gasteiger partial charge in [-0.15, -0.1) is 0 Å². The SMILES string of the molecule is CC(C(=O)Nc1cc(Br)cnc1Cl)S(C)(=O)=O. The Labute approximate surface area is 113 Å². The number of carbonyl (C=O) groups excluding carboxylic acids is 1. The zero-order valence-corrected chi connectivity index (χ0v) is 12.2. The first-order chi connectivity index (χ1) is 7.71. The average molecular weight is 342 g/mol. The summed E-state index contributed by atoms with van der Waals surface area (Å²) < 4.78 is 23.0. The predicted molar refractivity (Wildman–Crippen MR) is 69.9 cm³/mol. The van der Waals surface area contributed by atoms with Gasteiger partial charge in [-0.25, -0.2) is 13.4 Å². The van der Waals surface area contributed by atoms with Crippen LogP contribution in [0.15, 0.2) is 16.7 Å². The van der Waals surface area contributed by atoms with Crippen molar-refractivity contribution in [2.75, 3.05) is 11.6 Å². The number of sulfone groups is 1. The van der Waals surface area contributed by atoms with E-state index < -0.39 is 21.0 Å². The normalized spacial score (nSPS) is 13.2. The fraction of sp³-hybridized carbons (Fsp3) is 0.333. The minimum atomic E-state index is -3.43. The minimum Gasteiger partial charge on any atom is -0.322 e. The maximum absolute atomic E-state index is 11.6. The Morgan fingerprint density at radius 3 is 2.71 bits per heavy atom. The van der Waals surface area contributed by atoms with E-state index in [2.05, 4.69) is 26.2 Å². The lowest BCUT2D eigenvalue weighted by molar-refractivity contribution is -0.115. The molecule has 1 aromatic rings. The largest absolute Gasteiger partial charge is 0.322 e. The van der Waals surface area contributed by atoms with Crippen molar-refractivity contribution in [1.82, 2.24) is 4.98 Å². The highest BCUT2D eigenvalue weighted by atomic mass is 79.9. The second kappa shape index (κ2) is 5.32. The molecule has 0 saturated carbocycles. The van der Waals surface area contributed by atoms with Crippen LogP contribution < -0.4 is 5.32 Å². The average Bonchev–Trinajstić information content (AvgIpc) is 2.21. The van der Waals surface area contributed by atoms with E-state index in [-0.39, 0.29) is 10.8 Å². The van der Waals surface area contributed by atoms with Gasteiger partial charge in [0, 0.05) is 16.9 Å². The third-order valence-electron chi connectivity index (χ3n) is 2.08. The summed E-state index contributed by atoms with van der Waals surface area (Å²) in [6, 6.07) is 1.54. The summed E-state index contributed by atoms with van der Waals surface area (Å²) in [5, 5.41) is 1.37. The molecule has 0 radical (unpaired) electrons. The van der Waals surface area contributed by atoms with Gasteiger partial charge >= 0.3 is 0 Å². The molecule has 8 heteroatoms. The molecule has 1 atom stereocenters. The molecule has 0 fully saturated rings. The predicted octanol–water partition coefficient (Wildman–Crippen LogP) is 1.87. The maximum atomic E-state index is 11.6. The Morgan fingerprint density at radius 1 is 1.59 bits per heavy atom. The molecular weight excluding hydrogens is 332 g/mol. The van der Waals surface area contributed by atoms with E-state index in [1.807, 2.05) is 0 Å². The Balaban J connectivity index is 2.92. The second-order valence-electron chi connectivity index (χ2n) is 3.45. The number of aromatic nitrogens is 1. The van der Waals surface area contributed by atoms with Crippen molar-refractivity contribution in [2.45, 2.75) is 12.2 Å². The lowest BCUT2D eigenvalue weighted by Crippen LogP contribution is -2.31. The molecule has 1 amide bonds. The van der Waals surface area contributed by atoms with Crippen LogP contribution in [0.3, 0.4) is 0 Å². The molecule has 94 valence electrons. The van der Waals surface area contributed by atoms with Crippen molar-refractivity contribution < 1.29 is 13.2 Å². The van der Waals surface area contributed by atoms with Gasteiger partial charge in [-0.1, -0.05) is 11.6 Å². The van der Waals surface area contributed by atoms with Gasteiger partial charge in [0.05, 0.1) is 5.69 Å². The monoisotopic (exact) mass is 340 g/mol. The summed E-state index contributed by atoms with van der Waals surface area (Å²) >= 11 is 8.94. The lowest BCUT2D eigenvalue weighted by atomic mass is 10.4. The standard InChI is InChI=1S/C9H10BrClN2O3S/c1-5(17(2,15)16)9(14)13-7-3-6(10)4-12-8(7)11/h3-5H,1-2H3,(H,13,14). The van der Waals surface area contributed by atoms with Crippen molar-refractivity contribution in [3.63, 3.8) is 0 Å². The van der Waals surface area contributed by atoms with E-state index >= 15 is 0 Å². The van der Waals surface area contributed by atoms with Crippen LogP contribution >= 0.6 is 27.5 Å². The van der Waals surface area contributed by atoms with E-state index in [1.54, 1.807) is 6.07 Å². The van der Waals surface area contributed by atoms with Crippen molar-refractivity contribution >= 4 is 49.0 Å². The molecule has 1 rings (SSSR count). The van der Waals surface area contributed by atoms with Crippen molar-refractivity contribution in [3.8, 4) is 0 Å². The molecule has 17 heavy (non-hydrogen) atoms. The van der Waals surface area contributed by atoms with Gasteiger partial charge in [0.2, 0.25) is 5.91 Å². The number of hydrogen-bond donors (Lipinski definition) is 1. The lowest BCUT2D eigenvalue weighted by Gasteiger charge is -2.11. The Morgan fingerprint density at radius 2 is 2.18 bits per heavy atom. The van der Waals surface area contributed by atoms with Crippen molar-refractivity contribution in [1.29, 1.82) is 0 Å². The van der Waals surface area contributed by atoms with Crippen molar-refractivity contribution in [3.05, 3.63) is 21.9 Å². The fourth-order valence-corrected chi connectivity index (χ4v) is 1.87. The smallest absolute Gasteiger partial charge is 0.242 e. The van der Waals surface area contributed by atoms with Crippen LogP contribution in [0.1, 0.15) is 6.92 Å². The third-order valence-corrected chi connectivity index (χ3v) is 4.31. The first-order valence-corrected chi connectivity index (χ1v) is 7.65. The fourth-order valence-electron chi connectivity index (χ4n) is 0.939. The molecule has 1 unspecified atom stereocenters. The first kappa shape index (κ1) is 14.4. The number of nitrogens with zero attached hydrogens (tertiary/aromatic N) is 1. The Bertz CT molecular complexity index is 547. The molecule has 1 heterocycles. The molecule has 0 saturated heterocycles. The van der Waals surface area contributed by atoms with Crippen LogP contribution in [0.2, 0.25) is 5.15 Å². The van der Waals surface area contributed by atoms with E-state index in [1.165, 1.54) is 13.1 Å². The molecule has 0 spiro atoms. The van der Waals surface area contributed by atoms with Gasteiger partial charge in [0.25, 0.3) is 0 Å². The molecule has 1 N–H and O–H groups in total. The van der Waals surface area contributed by atoms with Crippen LogP contribution in [0, 0.1) is 0 Å². The molecule has 1 aromatic heterocycles. The molecule has 0 aliphatic rings. The number of rotatable bonds is 3. The maximum Gasteiger partial charge on any atom is 0.242 e. The van der Waals surface area contributed by atoms with E-state index in [0.29, 0.717) is 4.47 Å². The van der Waals surface area contributed by atoms with Gasteiger partial charge in [0.1, 0.15) is 5.25 Å². The third kappa shape index (κ3) is 3.93. The molecule has 0 aliphatic carbocycles. The summed E-state index contributed by atoms with van der Waals surface area (Å²) in [5.74, 6) is -0.644. The summed E-state index contributed by atoms with van der Waals surface area (Å²) in [6.07, 6.45) is 2.47. The number of hydrogen-bond acceptors (Lipinski definition) is 4. The number of nitrogens with one attached hydrogen (secondary N) is 1. The van der Waals surface area contributed by atoms with Gasteiger partial charge in [-0.3, -0.25) is 4.79 Å². The highest BCUT2D eigenvalue weighted by Gasteiger charge is 2.24. The Kier molecular flexibility index (Phi) is 4.51. The quantitative estimate of drug-likeness (QED) is 0.852. The molecule has 0 aliphatic heterocycles. The topological polar surface area (TPSA) is 76.1 Å². The van der Waals surface area contributed by atoms with Gasteiger partial charge in [0.15, 0.2) is 15.0 Å². The van der Waals surface area contributed by atoms with Crippen LogP contribution in [0.4, 0.5) is 5.69 Å². The second-order valence-corrected chi connectivity index (χ2v) is 7.09. The first-order valence-electron chi connectivity index (χ1n) is 4.52. The number of pyridine rings is 1.